The molecule has 0 saturated carbocycles. The number of amides is 1. The minimum absolute atomic E-state index is 0.0199. The largest absolute Gasteiger partial charge is 0.492 e. The number of carbonyl (C=O) groups excluding carboxylic acids is 1. The third-order valence-electron chi connectivity index (χ3n) is 5.29. The number of fused-ring (bicyclic) bond motifs is 1. The van der Waals surface area contributed by atoms with Crippen LogP contribution in [0, 0.1) is 17.1 Å². The standard InChI is InChI=1S/C24H20FN3O4S/c25-22-4-2-1-3-19(22)15-27-24(29)18-7-10-23-20(13-18)16-28(11-12-32-23)33(30,31)21-8-5-17(14-26)6-9-21/h1-10,13H,11-12,15-16H2,(H,27,29). The van der Waals surface area contributed by atoms with E-state index in [1.807, 2.05) is 6.07 Å². The summed E-state index contributed by atoms with van der Waals surface area (Å²) in [6.45, 7) is 0.331. The highest BCUT2D eigenvalue weighted by molar-refractivity contribution is 7.89. The van der Waals surface area contributed by atoms with E-state index in [0.717, 1.165) is 0 Å². The minimum atomic E-state index is -3.84. The highest BCUT2D eigenvalue weighted by Gasteiger charge is 2.28. The molecule has 3 aromatic carbocycles. The van der Waals surface area contributed by atoms with Gasteiger partial charge in [-0.25, -0.2) is 12.8 Å². The summed E-state index contributed by atoms with van der Waals surface area (Å²) in [6, 6.07) is 18.6. The van der Waals surface area contributed by atoms with E-state index in [-0.39, 0.29) is 31.1 Å². The van der Waals surface area contributed by atoms with Crippen LogP contribution in [-0.4, -0.2) is 31.8 Å². The summed E-state index contributed by atoms with van der Waals surface area (Å²) in [4.78, 5) is 12.7. The Kier molecular flexibility index (Phi) is 6.40. The van der Waals surface area contributed by atoms with Gasteiger partial charge in [-0.3, -0.25) is 4.79 Å². The monoisotopic (exact) mass is 465 g/mol. The van der Waals surface area contributed by atoms with Gasteiger partial charge in [-0.1, -0.05) is 18.2 Å². The van der Waals surface area contributed by atoms with E-state index >= 15 is 0 Å². The molecular weight excluding hydrogens is 445 g/mol. The van der Waals surface area contributed by atoms with Crippen LogP contribution in [0.1, 0.15) is 27.0 Å². The van der Waals surface area contributed by atoms with Crippen molar-refractivity contribution in [2.45, 2.75) is 18.0 Å². The van der Waals surface area contributed by atoms with Gasteiger partial charge in [-0.15, -0.1) is 0 Å². The number of carbonyl (C=O) groups is 1. The zero-order valence-corrected chi connectivity index (χ0v) is 18.3. The van der Waals surface area contributed by atoms with Gasteiger partial charge in [0, 0.05) is 36.3 Å². The molecule has 0 bridgehead atoms. The normalized spacial score (nSPS) is 13.8. The second-order valence-electron chi connectivity index (χ2n) is 7.42. The van der Waals surface area contributed by atoms with Crippen molar-refractivity contribution in [1.82, 2.24) is 9.62 Å². The van der Waals surface area contributed by atoms with Gasteiger partial charge in [0.15, 0.2) is 0 Å². The first kappa shape index (κ1) is 22.5. The third-order valence-corrected chi connectivity index (χ3v) is 7.15. The molecule has 1 amide bonds. The van der Waals surface area contributed by atoms with Crippen LogP contribution in [0.25, 0.3) is 0 Å². The first-order valence-electron chi connectivity index (χ1n) is 10.2. The number of nitrogens with zero attached hydrogens (tertiary/aromatic N) is 2. The maximum Gasteiger partial charge on any atom is 0.251 e. The van der Waals surface area contributed by atoms with Gasteiger partial charge in [-0.05, 0) is 48.5 Å². The molecule has 3 aromatic rings. The van der Waals surface area contributed by atoms with Crippen molar-refractivity contribution < 1.29 is 22.3 Å². The molecular formula is C24H20FN3O4S. The van der Waals surface area contributed by atoms with Crippen molar-refractivity contribution in [3.63, 3.8) is 0 Å². The van der Waals surface area contributed by atoms with E-state index < -0.39 is 21.7 Å². The lowest BCUT2D eigenvalue weighted by Gasteiger charge is -2.19. The first-order valence-corrected chi connectivity index (χ1v) is 11.6. The lowest BCUT2D eigenvalue weighted by Crippen LogP contribution is -2.32. The molecule has 9 heteroatoms. The van der Waals surface area contributed by atoms with Crippen molar-refractivity contribution in [2.24, 2.45) is 0 Å². The number of halogens is 1. The zero-order valence-electron chi connectivity index (χ0n) is 17.5. The Bertz CT molecular complexity index is 1330. The van der Waals surface area contributed by atoms with Crippen LogP contribution in [0.2, 0.25) is 0 Å². The van der Waals surface area contributed by atoms with Gasteiger partial charge in [-0.2, -0.15) is 9.57 Å². The first-order chi connectivity index (χ1) is 15.9. The fraction of sp³-hybridized carbons (Fsp3) is 0.167. The Balaban J connectivity index is 1.54. The molecule has 1 aliphatic rings. The molecule has 33 heavy (non-hydrogen) atoms. The summed E-state index contributed by atoms with van der Waals surface area (Å²) in [6.07, 6.45) is 0. The molecule has 7 nitrogen and oxygen atoms in total. The van der Waals surface area contributed by atoms with Crippen molar-refractivity contribution in [3.8, 4) is 11.8 Å². The van der Waals surface area contributed by atoms with Crippen LogP contribution >= 0.6 is 0 Å². The smallest absolute Gasteiger partial charge is 0.251 e. The quantitative estimate of drug-likeness (QED) is 0.624. The molecule has 0 radical (unpaired) electrons. The maximum absolute atomic E-state index is 13.8. The number of nitrogens with one attached hydrogen (secondary N) is 1. The van der Waals surface area contributed by atoms with Crippen molar-refractivity contribution in [1.29, 1.82) is 5.26 Å². The van der Waals surface area contributed by atoms with E-state index in [1.165, 1.54) is 34.6 Å². The van der Waals surface area contributed by atoms with E-state index in [0.29, 0.717) is 28.0 Å². The Morgan fingerprint density at radius 1 is 1.12 bits per heavy atom. The predicted octanol–water partition coefficient (Wildman–Crippen LogP) is 3.21. The maximum atomic E-state index is 13.8. The Labute approximate surface area is 191 Å². The Hall–Kier alpha value is -3.74. The van der Waals surface area contributed by atoms with E-state index in [9.17, 15) is 17.6 Å². The van der Waals surface area contributed by atoms with Crippen LogP contribution < -0.4 is 10.1 Å². The van der Waals surface area contributed by atoms with Crippen LogP contribution in [0.15, 0.2) is 71.6 Å². The molecule has 1 heterocycles. The summed E-state index contributed by atoms with van der Waals surface area (Å²) in [5.41, 5.74) is 1.59. The van der Waals surface area contributed by atoms with Crippen LogP contribution in [-0.2, 0) is 23.1 Å². The van der Waals surface area contributed by atoms with Gasteiger partial charge < -0.3 is 10.1 Å². The lowest BCUT2D eigenvalue weighted by atomic mass is 10.1. The average Bonchev–Trinajstić information content (AvgIpc) is 3.06. The van der Waals surface area contributed by atoms with E-state index in [4.69, 9.17) is 10.00 Å². The predicted molar refractivity (Wildman–Crippen MR) is 118 cm³/mol. The number of hydrogen-bond acceptors (Lipinski definition) is 5. The van der Waals surface area contributed by atoms with Gasteiger partial charge in [0.2, 0.25) is 10.0 Å². The van der Waals surface area contributed by atoms with Crippen LogP contribution in [0.5, 0.6) is 5.75 Å². The highest BCUT2D eigenvalue weighted by atomic mass is 32.2. The third kappa shape index (κ3) is 4.87. The fourth-order valence-electron chi connectivity index (χ4n) is 3.49. The summed E-state index contributed by atoms with van der Waals surface area (Å²) >= 11 is 0. The molecule has 0 fully saturated rings. The molecule has 1 aliphatic heterocycles. The number of hydrogen-bond donors (Lipinski definition) is 1. The highest BCUT2D eigenvalue weighted by Crippen LogP contribution is 2.28. The topological polar surface area (TPSA) is 99.5 Å². The molecule has 4 rings (SSSR count). The second kappa shape index (κ2) is 9.40. The molecule has 0 spiro atoms. The fourth-order valence-corrected chi connectivity index (χ4v) is 4.89. The summed E-state index contributed by atoms with van der Waals surface area (Å²) in [5.74, 6) is -0.318. The number of ether oxygens (including phenoxy) is 1. The summed E-state index contributed by atoms with van der Waals surface area (Å²) in [7, 11) is -3.84. The van der Waals surface area contributed by atoms with Crippen molar-refractivity contribution in [2.75, 3.05) is 13.2 Å². The Morgan fingerprint density at radius 3 is 2.61 bits per heavy atom. The number of benzene rings is 3. The molecule has 0 aliphatic carbocycles. The number of sulfonamides is 1. The van der Waals surface area contributed by atoms with Gasteiger partial charge in [0.05, 0.1) is 16.5 Å². The molecule has 1 N–H and O–H groups in total. The molecule has 0 saturated heterocycles. The summed E-state index contributed by atoms with van der Waals surface area (Å²) in [5, 5.41) is 11.6. The van der Waals surface area contributed by atoms with Crippen LogP contribution in [0.4, 0.5) is 4.39 Å². The van der Waals surface area contributed by atoms with Gasteiger partial charge >= 0.3 is 0 Å². The van der Waals surface area contributed by atoms with E-state index in [2.05, 4.69) is 5.32 Å². The number of rotatable bonds is 5. The zero-order chi connectivity index (χ0) is 23.4. The average molecular weight is 466 g/mol. The van der Waals surface area contributed by atoms with Crippen molar-refractivity contribution >= 4 is 15.9 Å². The molecule has 0 atom stereocenters. The molecule has 168 valence electrons. The van der Waals surface area contributed by atoms with Crippen LogP contribution in [0.3, 0.4) is 0 Å². The Morgan fingerprint density at radius 2 is 1.88 bits per heavy atom. The second-order valence-corrected chi connectivity index (χ2v) is 9.36. The SMILES string of the molecule is N#Cc1ccc(S(=O)(=O)N2CCOc3ccc(C(=O)NCc4ccccc4F)cc3C2)cc1. The molecule has 0 unspecified atom stereocenters. The van der Waals surface area contributed by atoms with Gasteiger partial charge in [0.25, 0.3) is 5.91 Å². The lowest BCUT2D eigenvalue weighted by molar-refractivity contribution is 0.0950. The minimum Gasteiger partial charge on any atom is -0.492 e. The van der Waals surface area contributed by atoms with Crippen molar-refractivity contribution in [3.05, 3.63) is 94.8 Å². The number of nitriles is 1. The van der Waals surface area contributed by atoms with Gasteiger partial charge in [0.1, 0.15) is 18.2 Å². The summed E-state index contributed by atoms with van der Waals surface area (Å²) < 4.78 is 47.0. The molecule has 0 aromatic heterocycles. The van der Waals surface area contributed by atoms with E-state index in [1.54, 1.807) is 36.4 Å².